The predicted molar refractivity (Wildman–Crippen MR) is 116 cm³/mol. The Balaban J connectivity index is 1.40. The summed E-state index contributed by atoms with van der Waals surface area (Å²) < 4.78 is 7.76. The molecule has 0 saturated carbocycles. The van der Waals surface area contributed by atoms with Gasteiger partial charge in [-0.1, -0.05) is 23.7 Å². The second-order valence-corrected chi connectivity index (χ2v) is 7.12. The predicted octanol–water partition coefficient (Wildman–Crippen LogP) is 5.20. The molecule has 0 unspecified atom stereocenters. The second-order valence-electron chi connectivity index (χ2n) is 6.68. The summed E-state index contributed by atoms with van der Waals surface area (Å²) in [6, 6.07) is 20.0. The van der Waals surface area contributed by atoms with Crippen LogP contribution in [0.3, 0.4) is 0 Å². The van der Waals surface area contributed by atoms with E-state index in [1.807, 2.05) is 48.1 Å². The van der Waals surface area contributed by atoms with Gasteiger partial charge in [0.1, 0.15) is 17.4 Å². The molecule has 0 aliphatic rings. The smallest absolute Gasteiger partial charge is 0.228 e. The van der Waals surface area contributed by atoms with E-state index in [0.717, 1.165) is 11.4 Å². The molecule has 2 aromatic carbocycles. The van der Waals surface area contributed by atoms with E-state index < -0.39 is 0 Å². The van der Waals surface area contributed by atoms with Crippen LogP contribution < -0.4 is 10.1 Å². The van der Waals surface area contributed by atoms with E-state index in [0.29, 0.717) is 28.2 Å². The van der Waals surface area contributed by atoms with Crippen LogP contribution in [0.5, 0.6) is 11.6 Å². The molecule has 0 radical (unpaired) electrons. The maximum Gasteiger partial charge on any atom is 0.228 e. The van der Waals surface area contributed by atoms with Gasteiger partial charge in [-0.25, -0.2) is 4.98 Å². The lowest BCUT2D eigenvalue weighted by Crippen LogP contribution is -2.14. The minimum absolute atomic E-state index is 0.103. The highest BCUT2D eigenvalue weighted by molar-refractivity contribution is 6.30. The van der Waals surface area contributed by atoms with Gasteiger partial charge in [0.25, 0.3) is 0 Å². The van der Waals surface area contributed by atoms with Crippen LogP contribution >= 0.6 is 11.6 Å². The van der Waals surface area contributed by atoms with E-state index >= 15 is 0 Å². The van der Waals surface area contributed by atoms with Crippen molar-refractivity contribution < 1.29 is 9.53 Å². The molecule has 0 spiro atoms. The fourth-order valence-corrected chi connectivity index (χ4v) is 3.04. The van der Waals surface area contributed by atoms with Crippen molar-refractivity contribution in [2.24, 2.45) is 0 Å². The first kappa shape index (κ1) is 19.7. The van der Waals surface area contributed by atoms with Crippen molar-refractivity contribution in [2.75, 3.05) is 5.32 Å². The highest BCUT2D eigenvalue weighted by Crippen LogP contribution is 2.23. The Morgan fingerprint density at radius 1 is 1.03 bits per heavy atom. The first-order valence-electron chi connectivity index (χ1n) is 9.36. The number of hydrogen-bond acceptors (Lipinski definition) is 4. The van der Waals surface area contributed by atoms with Gasteiger partial charge in [-0.15, -0.1) is 0 Å². The summed E-state index contributed by atoms with van der Waals surface area (Å²) in [5, 5.41) is 3.52. The standard InChI is InChI=1S/C23H19ClN4O2/c1-16-25-21(28-12-2-3-13-28)15-23(26-16)30-20-10-8-19(9-11-20)27-22(29)14-17-4-6-18(24)7-5-17/h2-13,15H,14H2,1H3,(H,27,29). The molecule has 0 atom stereocenters. The topological polar surface area (TPSA) is 69.0 Å². The third kappa shape index (κ3) is 5.04. The lowest BCUT2D eigenvalue weighted by atomic mass is 10.1. The maximum atomic E-state index is 12.2. The van der Waals surface area contributed by atoms with Crippen molar-refractivity contribution in [3.63, 3.8) is 0 Å². The summed E-state index contributed by atoms with van der Waals surface area (Å²) in [6.45, 7) is 1.82. The van der Waals surface area contributed by atoms with Gasteiger partial charge < -0.3 is 14.6 Å². The largest absolute Gasteiger partial charge is 0.439 e. The molecule has 6 nitrogen and oxygen atoms in total. The van der Waals surface area contributed by atoms with Gasteiger partial charge in [-0.05, 0) is 61.0 Å². The third-order valence-electron chi connectivity index (χ3n) is 4.31. The van der Waals surface area contributed by atoms with Crippen molar-refractivity contribution >= 4 is 23.2 Å². The fraction of sp³-hybridized carbons (Fsp3) is 0.0870. The van der Waals surface area contributed by atoms with Gasteiger partial charge in [0.15, 0.2) is 0 Å². The van der Waals surface area contributed by atoms with E-state index in [2.05, 4.69) is 15.3 Å². The number of aryl methyl sites for hydroxylation is 1. The Morgan fingerprint density at radius 3 is 2.43 bits per heavy atom. The van der Waals surface area contributed by atoms with E-state index in [1.165, 1.54) is 0 Å². The summed E-state index contributed by atoms with van der Waals surface area (Å²) in [7, 11) is 0. The number of amides is 1. The Labute approximate surface area is 179 Å². The van der Waals surface area contributed by atoms with Gasteiger partial charge in [0, 0.05) is 29.2 Å². The van der Waals surface area contributed by atoms with Crippen LogP contribution in [0.2, 0.25) is 5.02 Å². The lowest BCUT2D eigenvalue weighted by molar-refractivity contribution is -0.115. The van der Waals surface area contributed by atoms with Crippen molar-refractivity contribution in [3.8, 4) is 17.4 Å². The number of carbonyl (C=O) groups excluding carboxylic acids is 1. The fourth-order valence-electron chi connectivity index (χ4n) is 2.92. The summed E-state index contributed by atoms with van der Waals surface area (Å²) in [5.74, 6) is 2.30. The van der Waals surface area contributed by atoms with E-state index in [1.54, 1.807) is 42.5 Å². The number of aromatic nitrogens is 3. The quantitative estimate of drug-likeness (QED) is 0.467. The van der Waals surface area contributed by atoms with Crippen LogP contribution in [-0.2, 0) is 11.2 Å². The number of ether oxygens (including phenoxy) is 1. The molecule has 7 heteroatoms. The monoisotopic (exact) mass is 418 g/mol. The van der Waals surface area contributed by atoms with Crippen LogP contribution in [0.25, 0.3) is 5.82 Å². The summed E-state index contributed by atoms with van der Waals surface area (Å²) in [5.41, 5.74) is 1.59. The zero-order valence-corrected chi connectivity index (χ0v) is 17.0. The first-order chi connectivity index (χ1) is 14.5. The average molecular weight is 419 g/mol. The highest BCUT2D eigenvalue weighted by atomic mass is 35.5. The zero-order valence-electron chi connectivity index (χ0n) is 16.2. The van der Waals surface area contributed by atoms with Crippen LogP contribution in [-0.4, -0.2) is 20.4 Å². The highest BCUT2D eigenvalue weighted by Gasteiger charge is 2.07. The molecule has 30 heavy (non-hydrogen) atoms. The van der Waals surface area contributed by atoms with Crippen molar-refractivity contribution in [2.45, 2.75) is 13.3 Å². The minimum Gasteiger partial charge on any atom is -0.439 e. The van der Waals surface area contributed by atoms with Gasteiger partial charge >= 0.3 is 0 Å². The molecule has 2 heterocycles. The average Bonchev–Trinajstić information content (AvgIpc) is 3.26. The maximum absolute atomic E-state index is 12.2. The minimum atomic E-state index is -0.103. The molecule has 4 rings (SSSR count). The summed E-state index contributed by atoms with van der Waals surface area (Å²) in [6.07, 6.45) is 4.10. The molecule has 0 bridgehead atoms. The summed E-state index contributed by atoms with van der Waals surface area (Å²) >= 11 is 5.87. The van der Waals surface area contributed by atoms with E-state index in [-0.39, 0.29) is 12.3 Å². The van der Waals surface area contributed by atoms with Gasteiger partial charge in [-0.2, -0.15) is 4.98 Å². The van der Waals surface area contributed by atoms with E-state index in [4.69, 9.17) is 16.3 Å². The molecule has 4 aromatic rings. The Kier molecular flexibility index (Phi) is 5.77. The van der Waals surface area contributed by atoms with Crippen LogP contribution in [0.15, 0.2) is 79.1 Å². The number of nitrogens with zero attached hydrogens (tertiary/aromatic N) is 3. The Morgan fingerprint density at radius 2 is 1.73 bits per heavy atom. The molecule has 0 aliphatic carbocycles. The normalized spacial score (nSPS) is 10.6. The van der Waals surface area contributed by atoms with Gasteiger partial charge in [0.2, 0.25) is 11.8 Å². The number of carbonyl (C=O) groups is 1. The number of nitrogens with one attached hydrogen (secondary N) is 1. The SMILES string of the molecule is Cc1nc(Oc2ccc(NC(=O)Cc3ccc(Cl)cc3)cc2)cc(-n2cccc2)n1. The molecule has 150 valence electrons. The summed E-state index contributed by atoms with van der Waals surface area (Å²) in [4.78, 5) is 21.0. The third-order valence-corrected chi connectivity index (χ3v) is 4.56. The number of halogens is 1. The first-order valence-corrected chi connectivity index (χ1v) is 9.74. The number of rotatable bonds is 6. The molecule has 0 saturated heterocycles. The van der Waals surface area contributed by atoms with Crippen molar-refractivity contribution in [1.82, 2.24) is 14.5 Å². The van der Waals surface area contributed by atoms with Crippen LogP contribution in [0.1, 0.15) is 11.4 Å². The lowest BCUT2D eigenvalue weighted by Gasteiger charge is -2.10. The zero-order chi connectivity index (χ0) is 20.9. The Bertz CT molecular complexity index is 1140. The molecular weight excluding hydrogens is 400 g/mol. The molecule has 1 N–H and O–H groups in total. The van der Waals surface area contributed by atoms with Gasteiger partial charge in [0.05, 0.1) is 6.42 Å². The second kappa shape index (κ2) is 8.80. The number of benzene rings is 2. The number of anilines is 1. The van der Waals surface area contributed by atoms with Gasteiger partial charge in [-0.3, -0.25) is 4.79 Å². The molecule has 0 aliphatic heterocycles. The number of hydrogen-bond donors (Lipinski definition) is 1. The Hall–Kier alpha value is -3.64. The molecule has 2 aromatic heterocycles. The van der Waals surface area contributed by atoms with Crippen molar-refractivity contribution in [1.29, 1.82) is 0 Å². The molecular formula is C23H19ClN4O2. The molecule has 0 fully saturated rings. The van der Waals surface area contributed by atoms with E-state index in [9.17, 15) is 4.79 Å². The van der Waals surface area contributed by atoms with Crippen molar-refractivity contribution in [3.05, 3.63) is 95.5 Å². The van der Waals surface area contributed by atoms with Crippen LogP contribution in [0.4, 0.5) is 5.69 Å². The van der Waals surface area contributed by atoms with Crippen LogP contribution in [0, 0.1) is 6.92 Å². The molecule has 1 amide bonds.